The molecule has 1 aliphatic heterocycles. The first-order valence-corrected chi connectivity index (χ1v) is 10.4. The second-order valence-corrected chi connectivity index (χ2v) is 8.34. The summed E-state index contributed by atoms with van der Waals surface area (Å²) in [6, 6.07) is 5.29. The van der Waals surface area contributed by atoms with Gasteiger partial charge in [0.05, 0.1) is 7.11 Å². The van der Waals surface area contributed by atoms with Crippen LogP contribution in [0.2, 0.25) is 0 Å². The average molecular weight is 400 g/mol. The summed E-state index contributed by atoms with van der Waals surface area (Å²) in [6.07, 6.45) is 2.40. The molecule has 0 aromatic heterocycles. The lowest BCUT2D eigenvalue weighted by molar-refractivity contribution is -0.140. The van der Waals surface area contributed by atoms with E-state index in [4.69, 9.17) is 0 Å². The van der Waals surface area contributed by atoms with E-state index < -0.39 is 15.8 Å². The highest BCUT2D eigenvalue weighted by Crippen LogP contribution is 2.25. The number of hydrogen-bond acceptors (Lipinski definition) is 5. The zero-order valence-electron chi connectivity index (χ0n) is 15.3. The quantitative estimate of drug-likeness (QED) is 0.529. The van der Waals surface area contributed by atoms with Crippen LogP contribution in [0.15, 0.2) is 29.2 Å². The van der Waals surface area contributed by atoms with E-state index in [2.05, 4.69) is 10.1 Å². The number of methoxy groups -OCH3 is 1. The van der Waals surface area contributed by atoms with Crippen LogP contribution in [0.25, 0.3) is 0 Å². The van der Waals surface area contributed by atoms with Crippen molar-refractivity contribution in [1.29, 1.82) is 0 Å². The molecule has 9 heteroatoms. The van der Waals surface area contributed by atoms with Crippen LogP contribution in [0.5, 0.6) is 0 Å². The number of halogens is 1. The molecule has 1 aliphatic rings. The van der Waals surface area contributed by atoms with Gasteiger partial charge in [0.1, 0.15) is 10.7 Å². The van der Waals surface area contributed by atoms with E-state index in [1.807, 2.05) is 0 Å². The van der Waals surface area contributed by atoms with Crippen LogP contribution in [0.4, 0.5) is 4.39 Å². The lowest BCUT2D eigenvalue weighted by Crippen LogP contribution is -2.43. The molecule has 1 N–H and O–H groups in total. The molecule has 0 radical (unpaired) electrons. The van der Waals surface area contributed by atoms with E-state index in [9.17, 15) is 22.4 Å². The smallest absolute Gasteiger partial charge is 0.305 e. The Morgan fingerprint density at radius 2 is 1.89 bits per heavy atom. The van der Waals surface area contributed by atoms with Gasteiger partial charge >= 0.3 is 5.97 Å². The number of esters is 1. The van der Waals surface area contributed by atoms with Gasteiger partial charge in [-0.25, -0.2) is 12.8 Å². The number of carbonyl (C=O) groups excluding carboxylic acids is 2. The van der Waals surface area contributed by atoms with Crippen molar-refractivity contribution >= 4 is 21.9 Å². The van der Waals surface area contributed by atoms with Crippen LogP contribution in [0, 0.1) is 11.7 Å². The molecule has 1 aromatic carbocycles. The molecule has 27 heavy (non-hydrogen) atoms. The molecule has 7 nitrogen and oxygen atoms in total. The molecule has 0 spiro atoms. The Morgan fingerprint density at radius 3 is 2.52 bits per heavy atom. The minimum atomic E-state index is -3.89. The summed E-state index contributed by atoms with van der Waals surface area (Å²) >= 11 is 0. The highest BCUT2D eigenvalue weighted by Gasteiger charge is 2.33. The van der Waals surface area contributed by atoms with Gasteiger partial charge in [-0.15, -0.1) is 0 Å². The Balaban J connectivity index is 1.78. The summed E-state index contributed by atoms with van der Waals surface area (Å²) in [5, 5.41) is 2.82. The monoisotopic (exact) mass is 400 g/mol. The first-order valence-electron chi connectivity index (χ1n) is 8.95. The van der Waals surface area contributed by atoms with Crippen LogP contribution in [-0.2, 0) is 24.3 Å². The highest BCUT2D eigenvalue weighted by atomic mass is 32.2. The van der Waals surface area contributed by atoms with Gasteiger partial charge in [0.15, 0.2) is 0 Å². The lowest BCUT2D eigenvalue weighted by atomic mass is 9.97. The van der Waals surface area contributed by atoms with Gasteiger partial charge in [-0.1, -0.05) is 12.1 Å². The number of amides is 1. The maximum Gasteiger partial charge on any atom is 0.305 e. The number of hydrogen-bond donors (Lipinski definition) is 1. The third-order valence-corrected chi connectivity index (χ3v) is 6.55. The van der Waals surface area contributed by atoms with E-state index >= 15 is 0 Å². The number of unbranched alkanes of at least 4 members (excludes halogenated alkanes) is 1. The molecule has 0 saturated carbocycles. The molecule has 1 saturated heterocycles. The molecule has 1 heterocycles. The predicted molar refractivity (Wildman–Crippen MR) is 96.8 cm³/mol. The Hall–Kier alpha value is -2.00. The number of ether oxygens (including phenoxy) is 1. The Morgan fingerprint density at radius 1 is 1.22 bits per heavy atom. The fourth-order valence-corrected chi connectivity index (χ4v) is 4.54. The zero-order chi connectivity index (χ0) is 19.9. The number of nitrogens with one attached hydrogen (secondary N) is 1. The fourth-order valence-electron chi connectivity index (χ4n) is 3.00. The second-order valence-electron chi connectivity index (χ2n) is 6.43. The molecule has 2 rings (SSSR count). The summed E-state index contributed by atoms with van der Waals surface area (Å²) in [5.74, 6) is -1.43. The van der Waals surface area contributed by atoms with Crippen molar-refractivity contribution in [3.8, 4) is 0 Å². The van der Waals surface area contributed by atoms with Gasteiger partial charge in [0.2, 0.25) is 15.9 Å². The first-order chi connectivity index (χ1) is 12.9. The van der Waals surface area contributed by atoms with E-state index in [0.717, 1.165) is 6.07 Å². The van der Waals surface area contributed by atoms with E-state index in [1.54, 1.807) is 0 Å². The van der Waals surface area contributed by atoms with Crippen LogP contribution >= 0.6 is 0 Å². The molecule has 0 aliphatic carbocycles. The average Bonchev–Trinajstić information content (AvgIpc) is 2.67. The van der Waals surface area contributed by atoms with Gasteiger partial charge in [-0.3, -0.25) is 9.59 Å². The third-order valence-electron chi connectivity index (χ3n) is 4.61. The Bertz CT molecular complexity index is 761. The number of carbonyl (C=O) groups is 2. The van der Waals surface area contributed by atoms with Crippen molar-refractivity contribution in [3.63, 3.8) is 0 Å². The molecule has 1 fully saturated rings. The number of sulfonamides is 1. The molecule has 0 atom stereocenters. The summed E-state index contributed by atoms with van der Waals surface area (Å²) in [5.41, 5.74) is 0. The van der Waals surface area contributed by atoms with Crippen LogP contribution in [-0.4, -0.2) is 51.3 Å². The minimum absolute atomic E-state index is 0.115. The van der Waals surface area contributed by atoms with Gasteiger partial charge in [0, 0.05) is 32.0 Å². The summed E-state index contributed by atoms with van der Waals surface area (Å²) < 4.78 is 44.7. The minimum Gasteiger partial charge on any atom is -0.469 e. The topological polar surface area (TPSA) is 92.8 Å². The van der Waals surface area contributed by atoms with Crippen LogP contribution in [0.1, 0.15) is 32.1 Å². The van der Waals surface area contributed by atoms with E-state index in [1.165, 1.54) is 29.6 Å². The number of piperidine rings is 1. The van der Waals surface area contributed by atoms with Gasteiger partial charge in [-0.05, 0) is 37.8 Å². The molecule has 0 bridgehead atoms. The van der Waals surface area contributed by atoms with Crippen molar-refractivity contribution in [2.45, 2.75) is 37.0 Å². The second kappa shape index (κ2) is 9.80. The van der Waals surface area contributed by atoms with Gasteiger partial charge < -0.3 is 10.1 Å². The highest BCUT2D eigenvalue weighted by molar-refractivity contribution is 7.89. The van der Waals surface area contributed by atoms with Crippen LogP contribution in [0.3, 0.4) is 0 Å². The fraction of sp³-hybridized carbons (Fsp3) is 0.556. The number of benzene rings is 1. The maximum atomic E-state index is 13.8. The van der Waals surface area contributed by atoms with Crippen LogP contribution < -0.4 is 5.32 Å². The summed E-state index contributed by atoms with van der Waals surface area (Å²) in [4.78, 5) is 22.9. The zero-order valence-corrected chi connectivity index (χ0v) is 16.1. The van der Waals surface area contributed by atoms with Crippen molar-refractivity contribution in [2.24, 2.45) is 5.92 Å². The first kappa shape index (κ1) is 21.3. The molecule has 150 valence electrons. The molecule has 0 unspecified atom stereocenters. The SMILES string of the molecule is COC(=O)CCCCNC(=O)C1CCN(S(=O)(=O)c2ccccc2F)CC1. The van der Waals surface area contributed by atoms with E-state index in [0.29, 0.717) is 38.6 Å². The number of rotatable bonds is 8. The standard InChI is InChI=1S/C18H25FN2O5S/c1-26-17(22)8-4-5-11-20-18(23)14-9-12-21(13-10-14)27(24,25)16-7-3-2-6-15(16)19/h2-3,6-7,14H,4-5,8-13H2,1H3,(H,20,23). The molecular weight excluding hydrogens is 375 g/mol. The van der Waals surface area contributed by atoms with E-state index in [-0.39, 0.29) is 35.8 Å². The Kier molecular flexibility index (Phi) is 7.73. The summed E-state index contributed by atoms with van der Waals surface area (Å²) in [6.45, 7) is 0.817. The largest absolute Gasteiger partial charge is 0.469 e. The lowest BCUT2D eigenvalue weighted by Gasteiger charge is -2.30. The summed E-state index contributed by atoms with van der Waals surface area (Å²) in [7, 11) is -2.56. The molecular formula is C18H25FN2O5S. The molecule has 1 aromatic rings. The van der Waals surface area contributed by atoms with Gasteiger partial charge in [-0.2, -0.15) is 4.31 Å². The third kappa shape index (κ3) is 5.74. The van der Waals surface area contributed by atoms with Crippen molar-refractivity contribution in [1.82, 2.24) is 9.62 Å². The molecule has 1 amide bonds. The number of nitrogens with zero attached hydrogens (tertiary/aromatic N) is 1. The van der Waals surface area contributed by atoms with Crippen molar-refractivity contribution < 1.29 is 27.1 Å². The predicted octanol–water partition coefficient (Wildman–Crippen LogP) is 1.69. The Labute approximate surface area is 158 Å². The maximum absolute atomic E-state index is 13.8. The van der Waals surface area contributed by atoms with Gasteiger partial charge in [0.25, 0.3) is 0 Å². The normalized spacial score (nSPS) is 16.1. The van der Waals surface area contributed by atoms with Crippen molar-refractivity contribution in [3.05, 3.63) is 30.1 Å². The van der Waals surface area contributed by atoms with Crippen molar-refractivity contribution in [2.75, 3.05) is 26.7 Å².